The van der Waals surface area contributed by atoms with Crippen molar-refractivity contribution in [3.05, 3.63) is 65.9 Å². The lowest BCUT2D eigenvalue weighted by Crippen LogP contribution is -2.52. The molecule has 166 valence electrons. The first-order valence-electron chi connectivity index (χ1n) is 10.3. The van der Waals surface area contributed by atoms with Gasteiger partial charge in [0.25, 0.3) is 0 Å². The molecular formula is C23H24N4O4S. The van der Waals surface area contributed by atoms with Gasteiger partial charge in [-0.25, -0.2) is 0 Å². The number of benzene rings is 2. The van der Waals surface area contributed by atoms with E-state index in [-0.39, 0.29) is 24.3 Å². The Bertz CT molecular complexity index is 1140. The van der Waals surface area contributed by atoms with Crippen LogP contribution in [0.1, 0.15) is 11.1 Å². The lowest BCUT2D eigenvalue weighted by atomic mass is 10.0. The smallest absolute Gasteiger partial charge is 0.244 e. The van der Waals surface area contributed by atoms with Gasteiger partial charge in [-0.05, 0) is 29.3 Å². The second-order valence-corrected chi connectivity index (χ2v) is 8.17. The number of aromatic nitrogens is 1. The normalized spacial score (nSPS) is 21.8. The van der Waals surface area contributed by atoms with Crippen LogP contribution in [-0.2, 0) is 27.2 Å². The molecule has 0 bridgehead atoms. The zero-order valence-corrected chi connectivity index (χ0v) is 18.1. The van der Waals surface area contributed by atoms with Crippen molar-refractivity contribution in [3.8, 4) is 5.75 Å². The third kappa shape index (κ3) is 4.72. The first-order valence-corrected chi connectivity index (χ1v) is 10.9. The van der Waals surface area contributed by atoms with E-state index >= 15 is 0 Å². The molecule has 4 rings (SSSR count). The highest BCUT2D eigenvalue weighted by atomic mass is 32.1. The Morgan fingerprint density at radius 3 is 2.06 bits per heavy atom. The summed E-state index contributed by atoms with van der Waals surface area (Å²) in [6.07, 6.45) is 2.30. The molecule has 0 unspecified atom stereocenters. The number of fused-ring (bicyclic) bond motifs is 1. The number of carbonyl (C=O) groups is 3. The number of H-pyrrole nitrogens is 1. The average Bonchev–Trinajstić information content (AvgIpc) is 3.21. The van der Waals surface area contributed by atoms with E-state index in [9.17, 15) is 19.5 Å². The molecule has 32 heavy (non-hydrogen) atoms. The lowest BCUT2D eigenvalue weighted by Gasteiger charge is -2.20. The summed E-state index contributed by atoms with van der Waals surface area (Å²) in [7, 11) is 0. The first-order chi connectivity index (χ1) is 15.4. The number of phenolic OH excluding ortho intramolecular Hbond substituents is 1. The molecule has 2 aromatic carbocycles. The number of para-hydroxylation sites is 1. The molecule has 9 heteroatoms. The minimum Gasteiger partial charge on any atom is -0.508 e. The fourth-order valence-electron chi connectivity index (χ4n) is 3.82. The third-order valence-electron chi connectivity index (χ3n) is 5.56. The summed E-state index contributed by atoms with van der Waals surface area (Å²) in [5.74, 6) is -1.16. The fourth-order valence-corrected chi connectivity index (χ4v) is 4.07. The summed E-state index contributed by atoms with van der Waals surface area (Å²) in [5, 5.41) is 18.7. The van der Waals surface area contributed by atoms with Crippen LogP contribution in [0.3, 0.4) is 0 Å². The van der Waals surface area contributed by atoms with Crippen molar-refractivity contribution in [1.29, 1.82) is 0 Å². The molecule has 8 nitrogen and oxygen atoms in total. The molecule has 0 saturated carbocycles. The van der Waals surface area contributed by atoms with Crippen molar-refractivity contribution in [1.82, 2.24) is 20.9 Å². The number of carbonyl (C=O) groups excluding carboxylic acids is 3. The summed E-state index contributed by atoms with van der Waals surface area (Å²) in [5.41, 5.74) is 2.59. The van der Waals surface area contributed by atoms with E-state index in [4.69, 9.17) is 0 Å². The van der Waals surface area contributed by atoms with Gasteiger partial charge in [-0.3, -0.25) is 14.4 Å². The van der Waals surface area contributed by atoms with Gasteiger partial charge < -0.3 is 26.0 Å². The van der Waals surface area contributed by atoms with Gasteiger partial charge in [0.1, 0.15) is 23.9 Å². The Morgan fingerprint density at radius 2 is 1.38 bits per heavy atom. The summed E-state index contributed by atoms with van der Waals surface area (Å²) >= 11 is 4.20. The minimum atomic E-state index is -0.882. The van der Waals surface area contributed by atoms with E-state index in [1.165, 1.54) is 12.1 Å². The molecule has 3 amide bonds. The Labute approximate surface area is 190 Å². The Hall–Kier alpha value is -3.46. The summed E-state index contributed by atoms with van der Waals surface area (Å²) < 4.78 is 0. The molecule has 0 aliphatic carbocycles. The summed E-state index contributed by atoms with van der Waals surface area (Å²) in [4.78, 5) is 41.9. The second-order valence-electron chi connectivity index (χ2n) is 7.80. The van der Waals surface area contributed by atoms with Crippen LogP contribution in [-0.4, -0.2) is 51.7 Å². The van der Waals surface area contributed by atoms with Crippen molar-refractivity contribution in [2.45, 2.75) is 31.0 Å². The predicted molar refractivity (Wildman–Crippen MR) is 123 cm³/mol. The molecule has 1 aliphatic rings. The van der Waals surface area contributed by atoms with Crippen LogP contribution >= 0.6 is 12.6 Å². The van der Waals surface area contributed by atoms with Crippen molar-refractivity contribution in [3.63, 3.8) is 0 Å². The monoisotopic (exact) mass is 452 g/mol. The van der Waals surface area contributed by atoms with Gasteiger partial charge in [-0.2, -0.15) is 12.6 Å². The highest BCUT2D eigenvalue weighted by Gasteiger charge is 2.33. The van der Waals surface area contributed by atoms with Crippen LogP contribution in [0.5, 0.6) is 5.75 Å². The van der Waals surface area contributed by atoms with Crippen LogP contribution in [0, 0.1) is 0 Å². The lowest BCUT2D eigenvalue weighted by molar-refractivity contribution is -0.129. The van der Waals surface area contributed by atoms with E-state index in [0.717, 1.165) is 22.0 Å². The van der Waals surface area contributed by atoms with Crippen LogP contribution in [0.4, 0.5) is 0 Å². The maximum atomic E-state index is 13.1. The fraction of sp³-hybridized carbons (Fsp3) is 0.261. The van der Waals surface area contributed by atoms with Gasteiger partial charge in [0.2, 0.25) is 17.7 Å². The molecular weight excluding hydrogens is 428 g/mol. The number of thiol groups is 1. The van der Waals surface area contributed by atoms with E-state index < -0.39 is 35.8 Å². The van der Waals surface area contributed by atoms with Gasteiger partial charge in [0.15, 0.2) is 0 Å². The van der Waals surface area contributed by atoms with Crippen LogP contribution < -0.4 is 16.0 Å². The van der Waals surface area contributed by atoms with E-state index in [2.05, 4.69) is 33.6 Å². The maximum Gasteiger partial charge on any atom is 0.244 e. The van der Waals surface area contributed by atoms with E-state index in [1.807, 2.05) is 30.5 Å². The average molecular weight is 453 g/mol. The summed E-state index contributed by atoms with van der Waals surface area (Å²) in [6.45, 7) is 0. The highest BCUT2D eigenvalue weighted by Crippen LogP contribution is 2.20. The Morgan fingerprint density at radius 1 is 0.781 bits per heavy atom. The number of rotatable bonds is 5. The largest absolute Gasteiger partial charge is 0.508 e. The molecule has 5 N–H and O–H groups in total. The quantitative estimate of drug-likeness (QED) is 0.324. The van der Waals surface area contributed by atoms with Crippen LogP contribution in [0.2, 0.25) is 0 Å². The van der Waals surface area contributed by atoms with Gasteiger partial charge in [-0.15, -0.1) is 0 Å². The Balaban J connectivity index is 1.61. The number of aromatic hydroxyl groups is 1. The van der Waals surface area contributed by atoms with Crippen LogP contribution in [0.15, 0.2) is 54.7 Å². The molecule has 0 spiro atoms. The van der Waals surface area contributed by atoms with Gasteiger partial charge in [0, 0.05) is 35.7 Å². The maximum absolute atomic E-state index is 13.1. The van der Waals surface area contributed by atoms with Crippen molar-refractivity contribution in [2.24, 2.45) is 0 Å². The van der Waals surface area contributed by atoms with Gasteiger partial charge in [-0.1, -0.05) is 30.3 Å². The molecule has 0 radical (unpaired) electrons. The molecule has 1 saturated heterocycles. The van der Waals surface area contributed by atoms with E-state index in [0.29, 0.717) is 0 Å². The number of aromatic amines is 1. The topological polar surface area (TPSA) is 123 Å². The van der Waals surface area contributed by atoms with Crippen molar-refractivity contribution < 1.29 is 19.5 Å². The molecule has 1 aromatic heterocycles. The number of nitrogens with one attached hydrogen (secondary N) is 4. The predicted octanol–water partition coefficient (Wildman–Crippen LogP) is 1.06. The number of hydrogen-bond acceptors (Lipinski definition) is 5. The zero-order chi connectivity index (χ0) is 22.7. The minimum absolute atomic E-state index is 0.0947. The number of hydrogen-bond donors (Lipinski definition) is 6. The third-order valence-corrected chi connectivity index (χ3v) is 5.92. The second kappa shape index (κ2) is 9.35. The Kier molecular flexibility index (Phi) is 6.36. The first kappa shape index (κ1) is 21.8. The SMILES string of the molecule is O=C1N[C@@H](Cc2ccc(O)cc2)C(=O)N[C@@H](Cc2c[nH]c3ccccc23)C(=O)N[C@H]1CS. The molecule has 3 aromatic rings. The number of amides is 3. The van der Waals surface area contributed by atoms with Crippen molar-refractivity contribution >= 4 is 41.3 Å². The standard InChI is InChI=1S/C23H24N4O4S/c28-15-7-5-13(6-8-15)9-18-21(29)26-19(22(30)27-20(12-32)23(31)25-18)10-14-11-24-17-4-2-1-3-16(14)17/h1-8,11,18-20,24,28,32H,9-10,12H2,(H,25,31)(H,26,29)(H,27,30)/t18-,19-,20-/m0/s1. The van der Waals surface area contributed by atoms with Crippen molar-refractivity contribution in [2.75, 3.05) is 5.75 Å². The highest BCUT2D eigenvalue weighted by molar-refractivity contribution is 7.80. The molecule has 2 heterocycles. The molecule has 3 atom stereocenters. The number of phenols is 1. The molecule has 1 fully saturated rings. The van der Waals surface area contributed by atoms with Gasteiger partial charge in [0.05, 0.1) is 0 Å². The van der Waals surface area contributed by atoms with Gasteiger partial charge >= 0.3 is 0 Å². The zero-order valence-electron chi connectivity index (χ0n) is 17.2. The van der Waals surface area contributed by atoms with Crippen LogP contribution in [0.25, 0.3) is 10.9 Å². The summed E-state index contributed by atoms with van der Waals surface area (Å²) in [6, 6.07) is 11.5. The molecule has 1 aliphatic heterocycles. The van der Waals surface area contributed by atoms with E-state index in [1.54, 1.807) is 12.1 Å².